The Kier molecular flexibility index (Phi) is 11.8. The monoisotopic (exact) mass is 578 g/mol. The molecule has 0 heterocycles. The molecule has 0 aromatic heterocycles. The maximum atomic E-state index is 12.6. The van der Waals surface area contributed by atoms with Gasteiger partial charge in [-0.3, -0.25) is 13.7 Å². The number of hydrogen-bond donors (Lipinski definition) is 3. The van der Waals surface area contributed by atoms with E-state index >= 15 is 0 Å². The molecule has 0 aliphatic rings. The van der Waals surface area contributed by atoms with E-state index in [2.05, 4.69) is 0 Å². The van der Waals surface area contributed by atoms with Gasteiger partial charge in [-0.1, -0.05) is 0 Å². The molecule has 0 amide bonds. The highest BCUT2D eigenvalue weighted by Crippen LogP contribution is 2.43. The molecule has 0 spiro atoms. The Morgan fingerprint density at radius 3 is 1.22 bits per heavy atom. The van der Waals surface area contributed by atoms with E-state index in [0.29, 0.717) is 0 Å². The normalized spacial score (nSPS) is 12.3. The minimum atomic E-state index is -4.26. The van der Waals surface area contributed by atoms with Crippen LogP contribution in [-0.4, -0.2) is 89.1 Å². The highest BCUT2D eigenvalue weighted by Gasteiger charge is 2.29. The minimum absolute atomic E-state index is 0.0778. The minimum Gasteiger partial charge on any atom is -0.493 e. The van der Waals surface area contributed by atoms with Crippen molar-refractivity contribution >= 4 is 36.3 Å². The number of carbonyl (C=O) groups excluding carboxylic acids is 1. The highest BCUT2D eigenvalue weighted by atomic mass is 32.2. The number of methoxy groups -OCH3 is 1. The number of hydrogen-bond acceptors (Lipinski definition) is 11. The maximum Gasteiger partial charge on any atom is 0.345 e. The predicted octanol–water partition coefficient (Wildman–Crippen LogP) is 1.06. The second-order valence-electron chi connectivity index (χ2n) is 7.57. The van der Waals surface area contributed by atoms with Crippen LogP contribution in [0.5, 0.6) is 17.2 Å². The Morgan fingerprint density at radius 1 is 0.639 bits per heavy atom. The molecule has 0 aliphatic carbocycles. The van der Waals surface area contributed by atoms with Crippen LogP contribution in [-0.2, 0) is 35.1 Å². The zero-order valence-electron chi connectivity index (χ0n) is 19.9. The van der Waals surface area contributed by atoms with E-state index < -0.39 is 53.6 Å². The second kappa shape index (κ2) is 13.4. The molecule has 0 saturated carbocycles. The van der Waals surface area contributed by atoms with Gasteiger partial charge in [0.15, 0.2) is 0 Å². The van der Waals surface area contributed by atoms with Gasteiger partial charge in [0, 0.05) is 11.1 Å². The summed E-state index contributed by atoms with van der Waals surface area (Å²) in [6, 6.07) is 0. The van der Waals surface area contributed by atoms with Crippen LogP contribution in [0.2, 0.25) is 0 Å². The van der Waals surface area contributed by atoms with Crippen molar-refractivity contribution in [3.63, 3.8) is 0 Å². The zero-order valence-corrected chi connectivity index (χ0v) is 22.4. The summed E-state index contributed by atoms with van der Waals surface area (Å²) in [5.74, 6) is -2.74. The van der Waals surface area contributed by atoms with Crippen molar-refractivity contribution in [2.45, 2.75) is 33.1 Å². The van der Waals surface area contributed by atoms with Gasteiger partial charge in [0.1, 0.15) is 22.8 Å². The third-order valence-corrected chi connectivity index (χ3v) is 7.00. The summed E-state index contributed by atoms with van der Waals surface area (Å²) < 4.78 is 114. The third kappa shape index (κ3) is 11.3. The number of ether oxygens (including phenoxy) is 4. The Bertz CT molecular complexity index is 1170. The number of esters is 1. The van der Waals surface area contributed by atoms with Crippen LogP contribution in [0.15, 0.2) is 0 Å². The molecule has 0 bridgehead atoms. The molecule has 0 saturated heterocycles. The summed E-state index contributed by atoms with van der Waals surface area (Å²) in [6.07, 6.45) is -0.352. The van der Waals surface area contributed by atoms with E-state index in [-0.39, 0.29) is 73.0 Å². The lowest BCUT2D eigenvalue weighted by molar-refractivity contribution is 0.0590. The van der Waals surface area contributed by atoms with Gasteiger partial charge in [0.25, 0.3) is 30.4 Å². The van der Waals surface area contributed by atoms with E-state index in [4.69, 9.17) is 32.6 Å². The van der Waals surface area contributed by atoms with Crippen molar-refractivity contribution in [1.29, 1.82) is 0 Å². The van der Waals surface area contributed by atoms with Crippen molar-refractivity contribution < 1.29 is 62.7 Å². The Labute approximate surface area is 210 Å². The summed E-state index contributed by atoms with van der Waals surface area (Å²) in [5, 5.41) is 0. The van der Waals surface area contributed by atoms with E-state index in [0.717, 1.165) is 7.11 Å². The predicted molar refractivity (Wildman–Crippen MR) is 127 cm³/mol. The SMILES string of the molecule is COC(=O)c1c(OCCCS(=O)(=O)O)c(C)c(OCCCS(=O)(=O)O)c(C)c1OCCCS(=O)(=O)O. The number of benzene rings is 1. The number of carbonyl (C=O) groups is 1. The van der Waals surface area contributed by atoms with Gasteiger partial charge in [0.2, 0.25) is 0 Å². The van der Waals surface area contributed by atoms with Crippen LogP contribution in [0.25, 0.3) is 0 Å². The molecule has 0 atom stereocenters. The van der Waals surface area contributed by atoms with Crippen LogP contribution >= 0.6 is 0 Å². The lowest BCUT2D eigenvalue weighted by atomic mass is 10.0. The van der Waals surface area contributed by atoms with Crippen molar-refractivity contribution in [3.05, 3.63) is 16.7 Å². The molecule has 0 radical (unpaired) electrons. The Hall–Kier alpha value is -2.18. The van der Waals surface area contributed by atoms with Crippen LogP contribution in [0.1, 0.15) is 40.7 Å². The summed E-state index contributed by atoms with van der Waals surface area (Å²) in [7, 11) is -11.6. The van der Waals surface area contributed by atoms with Crippen LogP contribution < -0.4 is 14.2 Å². The zero-order chi connectivity index (χ0) is 27.7. The van der Waals surface area contributed by atoms with Gasteiger partial charge in [-0.15, -0.1) is 0 Å². The van der Waals surface area contributed by atoms with Crippen LogP contribution in [0, 0.1) is 13.8 Å². The molecular weight excluding hydrogens is 548 g/mol. The molecule has 208 valence electrons. The molecular formula is C19H30O14S3. The summed E-state index contributed by atoms with van der Waals surface area (Å²) in [6.45, 7) is 2.36. The Balaban J connectivity index is 3.41. The van der Waals surface area contributed by atoms with E-state index in [1.54, 1.807) is 0 Å². The molecule has 0 aliphatic heterocycles. The smallest absolute Gasteiger partial charge is 0.345 e. The molecule has 1 aromatic carbocycles. The molecule has 36 heavy (non-hydrogen) atoms. The number of rotatable bonds is 16. The first-order valence-corrected chi connectivity index (χ1v) is 15.3. The molecule has 17 heteroatoms. The van der Waals surface area contributed by atoms with Crippen molar-refractivity contribution in [1.82, 2.24) is 0 Å². The topological polar surface area (TPSA) is 217 Å². The molecule has 0 unspecified atom stereocenters. The average molecular weight is 579 g/mol. The first-order chi connectivity index (χ1) is 16.5. The van der Waals surface area contributed by atoms with Gasteiger partial charge in [-0.25, -0.2) is 4.79 Å². The van der Waals surface area contributed by atoms with Gasteiger partial charge >= 0.3 is 5.97 Å². The average Bonchev–Trinajstić information content (AvgIpc) is 2.72. The highest BCUT2D eigenvalue weighted by molar-refractivity contribution is 7.86. The molecule has 0 fully saturated rings. The summed E-state index contributed by atoms with van der Waals surface area (Å²) >= 11 is 0. The quantitative estimate of drug-likeness (QED) is 0.142. The first kappa shape index (κ1) is 31.8. The van der Waals surface area contributed by atoms with Gasteiger partial charge in [-0.2, -0.15) is 25.3 Å². The first-order valence-electron chi connectivity index (χ1n) is 10.5. The van der Waals surface area contributed by atoms with Crippen molar-refractivity contribution in [2.75, 3.05) is 44.2 Å². The van der Waals surface area contributed by atoms with Crippen molar-refractivity contribution in [2.24, 2.45) is 0 Å². The van der Waals surface area contributed by atoms with Gasteiger partial charge < -0.3 is 18.9 Å². The van der Waals surface area contributed by atoms with E-state index in [1.165, 1.54) is 13.8 Å². The molecule has 3 N–H and O–H groups in total. The lowest BCUT2D eigenvalue weighted by Gasteiger charge is -2.23. The van der Waals surface area contributed by atoms with Crippen LogP contribution in [0.3, 0.4) is 0 Å². The van der Waals surface area contributed by atoms with E-state index in [1.807, 2.05) is 0 Å². The summed E-state index contributed by atoms with van der Waals surface area (Å²) in [4.78, 5) is 12.6. The largest absolute Gasteiger partial charge is 0.493 e. The fourth-order valence-corrected chi connectivity index (χ4v) is 4.53. The molecule has 1 rings (SSSR count). The van der Waals surface area contributed by atoms with Crippen LogP contribution in [0.4, 0.5) is 0 Å². The molecule has 1 aromatic rings. The van der Waals surface area contributed by atoms with E-state index in [9.17, 15) is 30.0 Å². The summed E-state index contributed by atoms with van der Waals surface area (Å²) in [5.41, 5.74) is 0.324. The second-order valence-corrected chi connectivity index (χ2v) is 12.3. The fraction of sp³-hybridized carbons (Fsp3) is 0.632. The molecule has 14 nitrogen and oxygen atoms in total. The standard InChI is InChI=1S/C19H30O14S3/c1-13-16(31-7-4-10-34(21,22)23)14(2)18(33-9-6-12-36(27,28)29)15(19(20)30-3)17(13)32-8-5-11-35(24,25)26/h4-12H2,1-3H3,(H,21,22,23)(H,24,25,26)(H,27,28,29). The third-order valence-electron chi connectivity index (χ3n) is 4.59. The maximum absolute atomic E-state index is 12.6. The Morgan fingerprint density at radius 2 is 0.944 bits per heavy atom. The fourth-order valence-electron chi connectivity index (χ4n) is 3.08. The van der Waals surface area contributed by atoms with Crippen molar-refractivity contribution in [3.8, 4) is 17.2 Å². The van der Waals surface area contributed by atoms with Gasteiger partial charge in [0.05, 0.1) is 44.2 Å². The van der Waals surface area contributed by atoms with Gasteiger partial charge in [-0.05, 0) is 33.1 Å². The lowest BCUT2D eigenvalue weighted by Crippen LogP contribution is -2.17.